The molecule has 0 fully saturated rings. The third-order valence-corrected chi connectivity index (χ3v) is 5.92. The van der Waals surface area contributed by atoms with Crippen molar-refractivity contribution in [2.24, 2.45) is 0 Å². The van der Waals surface area contributed by atoms with Gasteiger partial charge in [-0.25, -0.2) is 8.42 Å². The maximum absolute atomic E-state index is 12.4. The van der Waals surface area contributed by atoms with Crippen molar-refractivity contribution >= 4 is 67.8 Å². The number of hydrogen-bond donors (Lipinski definition) is 1. The van der Waals surface area contributed by atoms with Gasteiger partial charge in [-0.1, -0.05) is 64.6 Å². The van der Waals surface area contributed by atoms with Gasteiger partial charge in [0.15, 0.2) is 0 Å². The average molecular weight is 405 g/mol. The topological polar surface area (TPSA) is 46.2 Å². The fourth-order valence-corrected chi connectivity index (χ4v) is 5.02. The van der Waals surface area contributed by atoms with Crippen LogP contribution in [0.25, 0.3) is 0 Å². The summed E-state index contributed by atoms with van der Waals surface area (Å²) in [6, 6.07) is 10.0. The van der Waals surface area contributed by atoms with E-state index < -0.39 is 19.9 Å². The van der Waals surface area contributed by atoms with E-state index in [1.807, 2.05) is 0 Å². The first kappa shape index (κ1) is 17.3. The number of rotatable bonds is 4. The van der Waals surface area contributed by atoms with Gasteiger partial charge in [-0.15, -0.1) is 11.3 Å². The van der Waals surface area contributed by atoms with Gasteiger partial charge in [0, 0.05) is 4.88 Å². The predicted octanol–water partition coefficient (Wildman–Crippen LogP) is 4.79. The maximum atomic E-state index is 12.4. The number of halogens is 4. The van der Waals surface area contributed by atoms with Crippen LogP contribution in [0.15, 0.2) is 47.4 Å². The summed E-state index contributed by atoms with van der Waals surface area (Å²) in [4.78, 5) is 0.603. The van der Waals surface area contributed by atoms with Crippen molar-refractivity contribution in [3.05, 3.63) is 51.7 Å². The molecule has 3 nitrogen and oxygen atoms in total. The van der Waals surface area contributed by atoms with Crippen LogP contribution < -0.4 is 4.72 Å². The molecule has 9 heteroatoms. The molecule has 1 heterocycles. The zero-order valence-corrected chi connectivity index (χ0v) is 14.9. The van der Waals surface area contributed by atoms with Gasteiger partial charge in [0.05, 0.1) is 9.23 Å². The van der Waals surface area contributed by atoms with Crippen LogP contribution in [0.5, 0.6) is 0 Å². The second-order valence-corrected chi connectivity index (χ2v) is 9.88. The van der Waals surface area contributed by atoms with Crippen LogP contribution >= 0.6 is 57.7 Å². The second-order valence-electron chi connectivity index (χ2n) is 4.05. The lowest BCUT2D eigenvalue weighted by Crippen LogP contribution is -2.36. The fourth-order valence-electron chi connectivity index (χ4n) is 1.59. The maximum Gasteiger partial charge on any atom is 0.241 e. The monoisotopic (exact) mass is 403 g/mol. The summed E-state index contributed by atoms with van der Waals surface area (Å²) in [7, 11) is -3.82. The van der Waals surface area contributed by atoms with E-state index in [-0.39, 0.29) is 4.90 Å². The Bertz CT molecular complexity index is 710. The lowest BCUT2D eigenvalue weighted by atomic mass is 10.3. The summed E-state index contributed by atoms with van der Waals surface area (Å²) in [5.74, 6) is 0. The molecule has 1 unspecified atom stereocenters. The Hall–Kier alpha value is -0.0100. The molecule has 1 aromatic heterocycles. The summed E-state index contributed by atoms with van der Waals surface area (Å²) in [6.07, 6.45) is 0. The molecule has 1 N–H and O–H groups in total. The minimum Gasteiger partial charge on any atom is -0.207 e. The van der Waals surface area contributed by atoms with Gasteiger partial charge < -0.3 is 0 Å². The summed E-state index contributed by atoms with van der Waals surface area (Å²) in [6.45, 7) is 0. The summed E-state index contributed by atoms with van der Waals surface area (Å²) in [5, 5.41) is 0. The SMILES string of the molecule is O=S(=O)(NC(c1ccc(Cl)s1)C(Cl)(Cl)Cl)c1ccccc1. The van der Waals surface area contributed by atoms with Gasteiger partial charge >= 0.3 is 0 Å². The van der Waals surface area contributed by atoms with E-state index in [1.54, 1.807) is 30.3 Å². The first-order valence-corrected chi connectivity index (χ1v) is 9.40. The minimum atomic E-state index is -3.82. The molecule has 0 saturated carbocycles. The molecule has 1 atom stereocenters. The summed E-state index contributed by atoms with van der Waals surface area (Å²) < 4.78 is 25.7. The molecule has 0 bridgehead atoms. The summed E-state index contributed by atoms with van der Waals surface area (Å²) >= 11 is 24.7. The van der Waals surface area contributed by atoms with Crippen molar-refractivity contribution in [2.45, 2.75) is 14.7 Å². The highest BCUT2D eigenvalue weighted by molar-refractivity contribution is 7.89. The van der Waals surface area contributed by atoms with Crippen LogP contribution in [0.3, 0.4) is 0 Å². The third-order valence-electron chi connectivity index (χ3n) is 2.53. The molecule has 21 heavy (non-hydrogen) atoms. The fraction of sp³-hybridized carbons (Fsp3) is 0.167. The minimum absolute atomic E-state index is 0.0897. The molecule has 0 saturated heterocycles. The van der Waals surface area contributed by atoms with E-state index >= 15 is 0 Å². The molecule has 0 aliphatic rings. The normalized spacial score (nSPS) is 14.1. The Balaban J connectivity index is 2.37. The van der Waals surface area contributed by atoms with Gasteiger partial charge in [0.1, 0.15) is 6.04 Å². The van der Waals surface area contributed by atoms with Crippen molar-refractivity contribution in [1.82, 2.24) is 4.72 Å². The van der Waals surface area contributed by atoms with E-state index in [9.17, 15) is 8.42 Å². The van der Waals surface area contributed by atoms with E-state index in [0.29, 0.717) is 9.21 Å². The number of thiophene rings is 1. The molecule has 0 aliphatic carbocycles. The molecule has 0 aliphatic heterocycles. The van der Waals surface area contributed by atoms with Crippen molar-refractivity contribution < 1.29 is 8.42 Å². The van der Waals surface area contributed by atoms with Crippen molar-refractivity contribution in [1.29, 1.82) is 0 Å². The van der Waals surface area contributed by atoms with Crippen LogP contribution in [0, 0.1) is 0 Å². The van der Waals surface area contributed by atoms with Crippen molar-refractivity contribution in [3.63, 3.8) is 0 Å². The van der Waals surface area contributed by atoms with Gasteiger partial charge in [0.2, 0.25) is 13.8 Å². The molecular weight excluding hydrogens is 396 g/mol. The number of sulfonamides is 1. The van der Waals surface area contributed by atoms with Gasteiger partial charge in [-0.3, -0.25) is 0 Å². The number of benzene rings is 1. The van der Waals surface area contributed by atoms with Gasteiger partial charge in [0.25, 0.3) is 0 Å². The van der Waals surface area contributed by atoms with E-state index in [1.165, 1.54) is 12.1 Å². The largest absolute Gasteiger partial charge is 0.241 e. The number of alkyl halides is 3. The lowest BCUT2D eigenvalue weighted by molar-refractivity contribution is 0.560. The van der Waals surface area contributed by atoms with E-state index in [4.69, 9.17) is 46.4 Å². The van der Waals surface area contributed by atoms with E-state index in [0.717, 1.165) is 11.3 Å². The Morgan fingerprint density at radius 1 is 1.05 bits per heavy atom. The second kappa shape index (κ2) is 6.62. The van der Waals surface area contributed by atoms with Crippen LogP contribution in [-0.2, 0) is 10.0 Å². The first-order chi connectivity index (χ1) is 9.70. The summed E-state index contributed by atoms with van der Waals surface area (Å²) in [5.41, 5.74) is 0. The molecule has 114 valence electrons. The van der Waals surface area contributed by atoms with Crippen LogP contribution in [0.2, 0.25) is 4.34 Å². The van der Waals surface area contributed by atoms with Crippen molar-refractivity contribution in [2.75, 3.05) is 0 Å². The zero-order chi connectivity index (χ0) is 15.7. The first-order valence-electron chi connectivity index (χ1n) is 5.59. The van der Waals surface area contributed by atoms with Crippen molar-refractivity contribution in [3.8, 4) is 0 Å². The molecule has 0 radical (unpaired) electrons. The Kier molecular flexibility index (Phi) is 5.47. The number of nitrogens with one attached hydrogen (secondary N) is 1. The highest BCUT2D eigenvalue weighted by Gasteiger charge is 2.38. The Morgan fingerprint density at radius 3 is 2.14 bits per heavy atom. The highest BCUT2D eigenvalue weighted by Crippen LogP contribution is 2.43. The Labute approximate surface area is 146 Å². The third kappa shape index (κ3) is 4.48. The van der Waals surface area contributed by atoms with Crippen LogP contribution in [0.1, 0.15) is 10.9 Å². The van der Waals surface area contributed by atoms with Crippen LogP contribution in [-0.4, -0.2) is 12.2 Å². The number of hydrogen-bond acceptors (Lipinski definition) is 3. The van der Waals surface area contributed by atoms with Crippen LogP contribution in [0.4, 0.5) is 0 Å². The van der Waals surface area contributed by atoms with E-state index in [2.05, 4.69) is 4.72 Å². The highest BCUT2D eigenvalue weighted by atomic mass is 35.6. The molecule has 2 rings (SSSR count). The average Bonchev–Trinajstić information content (AvgIpc) is 2.82. The smallest absolute Gasteiger partial charge is 0.207 e. The Morgan fingerprint density at radius 2 is 1.67 bits per heavy atom. The standard InChI is InChI=1S/C12H9Cl4NO2S2/c13-10-7-6-9(20-10)11(12(14,15)16)17-21(18,19)8-4-2-1-3-5-8/h1-7,11,17H. The quantitative estimate of drug-likeness (QED) is 0.744. The lowest BCUT2D eigenvalue weighted by Gasteiger charge is -2.24. The molecule has 0 amide bonds. The molecule has 2 aromatic rings. The molecular formula is C12H9Cl4NO2S2. The molecule has 0 spiro atoms. The predicted molar refractivity (Wildman–Crippen MR) is 89.1 cm³/mol. The van der Waals surface area contributed by atoms with Gasteiger partial charge in [-0.2, -0.15) is 4.72 Å². The zero-order valence-electron chi connectivity index (χ0n) is 10.3. The molecule has 1 aromatic carbocycles. The van der Waals surface area contributed by atoms with Gasteiger partial charge in [-0.05, 0) is 24.3 Å².